The van der Waals surface area contributed by atoms with Crippen LogP contribution in [-0.4, -0.2) is 49.0 Å². The second-order valence-electron chi connectivity index (χ2n) is 6.11. The van der Waals surface area contributed by atoms with E-state index in [2.05, 4.69) is 43.1 Å². The number of amides is 1. The van der Waals surface area contributed by atoms with Gasteiger partial charge in [0.15, 0.2) is 0 Å². The van der Waals surface area contributed by atoms with Gasteiger partial charge >= 0.3 is 0 Å². The smallest absolute Gasteiger partial charge is 0.274 e. The Morgan fingerprint density at radius 2 is 1.92 bits per heavy atom. The van der Waals surface area contributed by atoms with E-state index in [1.165, 1.54) is 0 Å². The molecule has 1 N–H and O–H groups in total. The summed E-state index contributed by atoms with van der Waals surface area (Å²) in [6.07, 6.45) is 1.79. The molecular weight excluding hydrogens is 368 g/mol. The zero-order valence-electron chi connectivity index (χ0n) is 13.9. The van der Waals surface area contributed by atoms with E-state index < -0.39 is 0 Å². The second kappa shape index (κ2) is 7.32. The lowest BCUT2D eigenvalue weighted by Crippen LogP contribution is -2.44. The first-order chi connectivity index (χ1) is 11.5. The summed E-state index contributed by atoms with van der Waals surface area (Å²) in [7, 11) is 2.13. The molecule has 5 nitrogen and oxygen atoms in total. The van der Waals surface area contributed by atoms with Gasteiger partial charge in [-0.1, -0.05) is 15.9 Å². The van der Waals surface area contributed by atoms with Crippen LogP contribution in [0.3, 0.4) is 0 Å². The zero-order valence-corrected chi connectivity index (χ0v) is 15.5. The van der Waals surface area contributed by atoms with E-state index >= 15 is 0 Å². The molecule has 1 fully saturated rings. The number of carbonyl (C=O) groups is 1. The fraction of sp³-hybridized carbons (Fsp3) is 0.333. The summed E-state index contributed by atoms with van der Waals surface area (Å²) in [6, 6.07) is 9.53. The summed E-state index contributed by atoms with van der Waals surface area (Å²) in [5, 5.41) is 2.92. The summed E-state index contributed by atoms with van der Waals surface area (Å²) >= 11 is 3.42. The van der Waals surface area contributed by atoms with Crippen molar-refractivity contribution in [1.29, 1.82) is 0 Å². The van der Waals surface area contributed by atoms with E-state index in [0.29, 0.717) is 5.69 Å². The molecule has 1 aromatic heterocycles. The van der Waals surface area contributed by atoms with Crippen LogP contribution in [0.2, 0.25) is 0 Å². The summed E-state index contributed by atoms with van der Waals surface area (Å²) in [6.45, 7) is 6.03. The van der Waals surface area contributed by atoms with Crippen LogP contribution in [0.25, 0.3) is 0 Å². The highest BCUT2D eigenvalue weighted by Crippen LogP contribution is 2.21. The van der Waals surface area contributed by atoms with E-state index in [1.807, 2.05) is 31.2 Å². The van der Waals surface area contributed by atoms with Crippen molar-refractivity contribution in [3.8, 4) is 0 Å². The van der Waals surface area contributed by atoms with Crippen LogP contribution in [0.15, 0.2) is 41.0 Å². The quantitative estimate of drug-likeness (QED) is 0.876. The van der Waals surface area contributed by atoms with E-state index in [-0.39, 0.29) is 5.91 Å². The molecule has 0 atom stereocenters. The van der Waals surface area contributed by atoms with Gasteiger partial charge in [0, 0.05) is 36.3 Å². The largest absolute Gasteiger partial charge is 0.368 e. The van der Waals surface area contributed by atoms with Gasteiger partial charge in [-0.2, -0.15) is 0 Å². The highest BCUT2D eigenvalue weighted by molar-refractivity contribution is 9.10. The monoisotopic (exact) mass is 388 g/mol. The van der Waals surface area contributed by atoms with Crippen LogP contribution in [0.5, 0.6) is 0 Å². The number of nitrogens with zero attached hydrogens (tertiary/aromatic N) is 3. The highest BCUT2D eigenvalue weighted by atomic mass is 79.9. The summed E-state index contributed by atoms with van der Waals surface area (Å²) < 4.78 is 0.993. The molecule has 2 aromatic rings. The molecule has 1 saturated heterocycles. The Hall–Kier alpha value is -1.92. The third-order valence-electron chi connectivity index (χ3n) is 4.29. The first-order valence-corrected chi connectivity index (χ1v) is 8.79. The Balaban J connectivity index is 1.67. The average molecular weight is 389 g/mol. The van der Waals surface area contributed by atoms with Crippen molar-refractivity contribution in [3.05, 3.63) is 52.3 Å². The van der Waals surface area contributed by atoms with Crippen LogP contribution in [-0.2, 0) is 0 Å². The van der Waals surface area contributed by atoms with E-state index in [9.17, 15) is 4.79 Å². The molecule has 0 radical (unpaired) electrons. The van der Waals surface area contributed by atoms with Crippen LogP contribution < -0.4 is 10.2 Å². The number of piperazine rings is 1. The van der Waals surface area contributed by atoms with Gasteiger partial charge in [0.2, 0.25) is 0 Å². The zero-order chi connectivity index (χ0) is 17.1. The third kappa shape index (κ3) is 3.94. The number of halogens is 1. The Morgan fingerprint density at radius 1 is 1.17 bits per heavy atom. The molecule has 1 amide bonds. The van der Waals surface area contributed by atoms with Crippen molar-refractivity contribution >= 4 is 33.2 Å². The summed E-state index contributed by atoms with van der Waals surface area (Å²) in [5.41, 5.74) is 3.30. The SMILES string of the molecule is Cc1cc(Br)ccc1NC(=O)c1ccc(N2CCN(C)CC2)cn1. The van der Waals surface area contributed by atoms with Gasteiger partial charge in [-0.25, -0.2) is 4.98 Å². The molecule has 126 valence electrons. The number of hydrogen-bond donors (Lipinski definition) is 1. The fourth-order valence-corrected chi connectivity index (χ4v) is 3.20. The molecule has 2 heterocycles. The van der Waals surface area contributed by atoms with Crippen molar-refractivity contribution in [1.82, 2.24) is 9.88 Å². The maximum absolute atomic E-state index is 12.4. The van der Waals surface area contributed by atoms with E-state index in [4.69, 9.17) is 0 Å². The lowest BCUT2D eigenvalue weighted by atomic mass is 10.2. The number of nitrogens with one attached hydrogen (secondary N) is 1. The van der Waals surface area contributed by atoms with Gasteiger partial charge in [-0.15, -0.1) is 0 Å². The molecule has 24 heavy (non-hydrogen) atoms. The molecule has 6 heteroatoms. The first kappa shape index (κ1) is 16.9. The lowest BCUT2D eigenvalue weighted by Gasteiger charge is -2.33. The summed E-state index contributed by atoms with van der Waals surface area (Å²) in [4.78, 5) is 21.3. The molecule has 0 spiro atoms. The number of likely N-dealkylation sites (N-methyl/N-ethyl adjacent to an activating group) is 1. The minimum Gasteiger partial charge on any atom is -0.368 e. The number of benzene rings is 1. The lowest BCUT2D eigenvalue weighted by molar-refractivity contribution is 0.102. The maximum Gasteiger partial charge on any atom is 0.274 e. The van der Waals surface area contributed by atoms with Gasteiger partial charge in [0.1, 0.15) is 5.69 Å². The predicted octanol–water partition coefficient (Wildman–Crippen LogP) is 3.16. The number of aryl methyl sites for hydroxylation is 1. The average Bonchev–Trinajstić information content (AvgIpc) is 2.58. The van der Waals surface area contributed by atoms with Crippen LogP contribution in [0.1, 0.15) is 16.1 Å². The number of anilines is 2. The van der Waals surface area contributed by atoms with E-state index in [1.54, 1.807) is 12.3 Å². The topological polar surface area (TPSA) is 48.5 Å². The fourth-order valence-electron chi connectivity index (χ4n) is 2.73. The van der Waals surface area contributed by atoms with Crippen LogP contribution in [0.4, 0.5) is 11.4 Å². The van der Waals surface area contributed by atoms with Crippen molar-refractivity contribution in [2.45, 2.75) is 6.92 Å². The minimum atomic E-state index is -0.189. The van der Waals surface area contributed by atoms with Gasteiger partial charge in [0.05, 0.1) is 11.9 Å². The first-order valence-electron chi connectivity index (χ1n) is 8.00. The number of carbonyl (C=O) groups excluding carboxylic acids is 1. The summed E-state index contributed by atoms with van der Waals surface area (Å²) in [5.74, 6) is -0.189. The Bertz CT molecular complexity index is 724. The van der Waals surface area contributed by atoms with Gasteiger partial charge in [0.25, 0.3) is 5.91 Å². The number of pyridine rings is 1. The van der Waals surface area contributed by atoms with Crippen molar-refractivity contribution in [2.75, 3.05) is 43.4 Å². The van der Waals surface area contributed by atoms with E-state index in [0.717, 1.165) is 47.6 Å². The molecular formula is C18H21BrN4O. The predicted molar refractivity (Wildman–Crippen MR) is 101 cm³/mol. The van der Waals surface area contributed by atoms with Crippen LogP contribution >= 0.6 is 15.9 Å². The molecule has 1 aliphatic heterocycles. The molecule has 0 unspecified atom stereocenters. The maximum atomic E-state index is 12.4. The number of hydrogen-bond acceptors (Lipinski definition) is 4. The van der Waals surface area contributed by atoms with Crippen molar-refractivity contribution in [3.63, 3.8) is 0 Å². The normalized spacial score (nSPS) is 15.4. The molecule has 0 saturated carbocycles. The second-order valence-corrected chi connectivity index (χ2v) is 7.02. The molecule has 1 aliphatic rings. The number of rotatable bonds is 3. The standard InChI is InChI=1S/C18H21BrN4O/c1-13-11-14(19)3-5-16(13)21-18(24)17-6-4-15(12-20-17)23-9-7-22(2)8-10-23/h3-6,11-12H,7-10H2,1-2H3,(H,21,24). The third-order valence-corrected chi connectivity index (χ3v) is 4.78. The Kier molecular flexibility index (Phi) is 5.16. The van der Waals surface area contributed by atoms with Gasteiger partial charge in [-0.3, -0.25) is 4.79 Å². The molecule has 1 aromatic carbocycles. The Morgan fingerprint density at radius 3 is 2.54 bits per heavy atom. The minimum absolute atomic E-state index is 0.189. The van der Waals surface area contributed by atoms with Crippen molar-refractivity contribution < 1.29 is 4.79 Å². The molecule has 0 aliphatic carbocycles. The van der Waals surface area contributed by atoms with Gasteiger partial charge in [-0.05, 0) is 49.9 Å². The molecule has 0 bridgehead atoms. The highest BCUT2D eigenvalue weighted by Gasteiger charge is 2.15. The molecule has 3 rings (SSSR count). The Labute approximate surface area is 150 Å². The van der Waals surface area contributed by atoms with Gasteiger partial charge < -0.3 is 15.1 Å². The van der Waals surface area contributed by atoms with Crippen molar-refractivity contribution in [2.24, 2.45) is 0 Å². The number of aromatic nitrogens is 1. The van der Waals surface area contributed by atoms with Crippen LogP contribution in [0, 0.1) is 6.92 Å².